The molecule has 5 amide bonds. The summed E-state index contributed by atoms with van der Waals surface area (Å²) in [5.74, 6) is -4.97. The van der Waals surface area contributed by atoms with Crippen LogP contribution in [0, 0.1) is 0 Å². The molecule has 1 saturated carbocycles. The third kappa shape index (κ3) is 43.9. The molecule has 0 radical (unpaired) electrons. The van der Waals surface area contributed by atoms with Crippen molar-refractivity contribution in [3.63, 3.8) is 0 Å². The van der Waals surface area contributed by atoms with Crippen molar-refractivity contribution in [3.8, 4) is 0 Å². The molecule has 0 heterocycles. The van der Waals surface area contributed by atoms with Crippen molar-refractivity contribution in [1.82, 2.24) is 27.2 Å². The summed E-state index contributed by atoms with van der Waals surface area (Å²) < 4.78 is 0. The molecule has 0 saturated heterocycles. The fourth-order valence-electron chi connectivity index (χ4n) is 12.8. The molecule has 27 nitrogen and oxygen atoms in total. The van der Waals surface area contributed by atoms with Crippen LogP contribution in [0.15, 0.2) is 223 Å². The highest BCUT2D eigenvalue weighted by Gasteiger charge is 2.54. The molecule has 0 aliphatic heterocycles. The van der Waals surface area contributed by atoms with Gasteiger partial charge in [0, 0.05) is 6.54 Å². The Bertz CT molecular complexity index is 4410. The van der Waals surface area contributed by atoms with Crippen molar-refractivity contribution in [3.05, 3.63) is 285 Å². The van der Waals surface area contributed by atoms with Gasteiger partial charge < -0.3 is 69.9 Å². The van der Waals surface area contributed by atoms with Crippen LogP contribution in [0.1, 0.15) is 182 Å². The second-order valence-corrected chi connectivity index (χ2v) is 30.6. The molecule has 20 N–H and O–H groups in total. The van der Waals surface area contributed by atoms with Crippen molar-refractivity contribution in [2.75, 3.05) is 26.2 Å². The minimum atomic E-state index is -1.10. The highest BCUT2D eigenvalue weighted by Crippen LogP contribution is 2.36. The molecule has 660 valence electrons. The topological polar surface area (TPSA) is 465 Å². The van der Waals surface area contributed by atoms with E-state index in [4.69, 9.17) is 59.8 Å². The minimum Gasteiger partial charge on any atom is -0.385 e. The van der Waals surface area contributed by atoms with Gasteiger partial charge in [0.1, 0.15) is 24.2 Å². The Morgan fingerprint density at radius 1 is 0.333 bits per heavy atom. The van der Waals surface area contributed by atoms with Crippen molar-refractivity contribution in [1.29, 1.82) is 0 Å². The van der Waals surface area contributed by atoms with Gasteiger partial charge in [0.2, 0.25) is 5.91 Å². The monoisotopic (exact) mass is 1690 g/mol. The number of aliphatic imine (C=N–C) groups is 1. The largest absolute Gasteiger partial charge is 0.385 e. The summed E-state index contributed by atoms with van der Waals surface area (Å²) in [6.07, 6.45) is 23.7. The second kappa shape index (κ2) is 58.9. The first-order chi connectivity index (χ1) is 59.6. The highest BCUT2D eigenvalue weighted by atomic mass is 16.7. The van der Waals surface area contributed by atoms with Crippen LogP contribution in [0.4, 0.5) is 0 Å². The van der Waals surface area contributed by atoms with E-state index in [1.807, 2.05) is 127 Å². The van der Waals surface area contributed by atoms with Gasteiger partial charge in [0.05, 0.1) is 31.7 Å². The maximum atomic E-state index is 12.5. The number of carbonyl (C=O) groups excluding carboxylic acids is 9. The third-order valence-corrected chi connectivity index (χ3v) is 20.2. The lowest BCUT2D eigenvalue weighted by molar-refractivity contribution is -0.162. The predicted octanol–water partition coefficient (Wildman–Crippen LogP) is 9.41. The summed E-state index contributed by atoms with van der Waals surface area (Å²) >= 11 is 0. The van der Waals surface area contributed by atoms with Crippen LogP contribution in [0.5, 0.6) is 0 Å². The van der Waals surface area contributed by atoms with E-state index in [-0.39, 0.29) is 37.6 Å². The van der Waals surface area contributed by atoms with Gasteiger partial charge in [-0.1, -0.05) is 231 Å². The standard InChI is InChI=1S/C28H38N4O4.C24H33N5O3.C24H33N3O3.C20H23NO4/c29-19-7-6-12-24(30)26(34)31-28(17-18-28)27(35)36-32-25(33)20-23-15-13-22(14-16-23)11-5-4-10-21-8-2-1-3-9-21;25-21(11-6-16-28-24(26)27)23(31)32-29-22(30)17-20-14-12-19(13-15-20)10-5-4-9-18-7-2-1-3-8-18;25-17-7-6-12-22(26)24(29)30-27-23(28)18-21-15-13-20(14-16-21)11-5-4-10-19-8-2-1-3-9-19;22-15-20(24)25-21-19(23)14-18-12-10-17(11-13-18)9-5-4-8-16-6-2-1-3-7-16/h1-3,8-9,13-16,24H,4-7,10-12,17-20,29-30H2,(H,31,34)(H,32,33);1-3,7-8,12-15,21H,4-6,9-11,16-17,25H2,(H,29,30)(H4,26,27,28);1-3,8-9,13-16,22H,4-7,10-12,17-18,25-26H2,(H,27,28);1-3,6-7,10-13,22H,4-5,8-9,14-15H2,(H,21,23)/t24-;21-;22-;/m000./s1. The molecule has 0 unspecified atom stereocenters. The van der Waals surface area contributed by atoms with Crippen molar-refractivity contribution in [2.45, 2.75) is 216 Å². The number of nitrogens with zero attached hydrogens (tertiary/aromatic N) is 1. The number of benzene rings is 8. The Morgan fingerprint density at radius 2 is 0.593 bits per heavy atom. The number of hydroxylamine groups is 4. The Morgan fingerprint density at radius 3 is 0.870 bits per heavy atom. The fourth-order valence-corrected chi connectivity index (χ4v) is 12.8. The van der Waals surface area contributed by atoms with Crippen LogP contribution >= 0.6 is 0 Å². The number of amides is 5. The average molecular weight is 1690 g/mol. The van der Waals surface area contributed by atoms with Crippen molar-refractivity contribution >= 4 is 59.4 Å². The van der Waals surface area contributed by atoms with E-state index in [9.17, 15) is 43.2 Å². The molecule has 0 spiro atoms. The van der Waals surface area contributed by atoms with E-state index >= 15 is 0 Å². The van der Waals surface area contributed by atoms with Gasteiger partial charge in [-0.05, 0) is 234 Å². The van der Waals surface area contributed by atoms with Gasteiger partial charge in [0.15, 0.2) is 5.96 Å². The number of guanidine groups is 1. The zero-order valence-corrected chi connectivity index (χ0v) is 70.8. The Labute approximate surface area is 723 Å². The maximum Gasteiger partial charge on any atom is 0.357 e. The first-order valence-electron chi connectivity index (χ1n) is 42.7. The quantitative estimate of drug-likeness (QED) is 0.00555. The smallest absolute Gasteiger partial charge is 0.357 e. The van der Waals surface area contributed by atoms with Crippen molar-refractivity contribution in [2.24, 2.45) is 45.1 Å². The van der Waals surface area contributed by atoms with Crippen LogP contribution in [0.2, 0.25) is 0 Å². The zero-order valence-electron chi connectivity index (χ0n) is 70.8. The van der Waals surface area contributed by atoms with E-state index in [0.717, 1.165) is 151 Å². The lowest BCUT2D eigenvalue weighted by Crippen LogP contribution is -2.51. The van der Waals surface area contributed by atoms with Gasteiger partial charge >= 0.3 is 23.9 Å². The van der Waals surface area contributed by atoms with Crippen molar-refractivity contribution < 1.29 is 67.6 Å². The second-order valence-electron chi connectivity index (χ2n) is 30.6. The SMILES string of the molecule is NC(N)=NCCC[C@H](N)C(=O)ONC(=O)Cc1ccc(CCCCc2ccccc2)cc1.NCCCC[C@H](N)C(=O)NC1(C(=O)ONC(=O)Cc2ccc(CCCCc3ccccc3)cc2)CC1.NCCCC[C@H](N)C(=O)ONC(=O)Cc1ccc(CCCCc2ccccc2)cc1.O=C(Cc1ccc(CCCCc2ccccc2)cc1)NOC(=O)CO. The average Bonchev–Trinajstić information content (AvgIpc) is 1.63. The lowest BCUT2D eigenvalue weighted by Gasteiger charge is -2.19. The van der Waals surface area contributed by atoms with E-state index < -0.39 is 77.8 Å². The van der Waals surface area contributed by atoms with Gasteiger partial charge in [0.25, 0.3) is 23.6 Å². The summed E-state index contributed by atoms with van der Waals surface area (Å²) in [7, 11) is 0. The number of aliphatic hydroxyl groups is 1. The predicted molar refractivity (Wildman–Crippen MR) is 477 cm³/mol. The number of carbonyl (C=O) groups is 9. The van der Waals surface area contributed by atoms with Crippen LogP contribution in [-0.2, 0) is 140 Å². The van der Waals surface area contributed by atoms with Gasteiger partial charge in [-0.2, -0.15) is 21.9 Å². The van der Waals surface area contributed by atoms with Crippen LogP contribution in [-0.4, -0.2) is 114 Å². The zero-order chi connectivity index (χ0) is 88.5. The summed E-state index contributed by atoms with van der Waals surface area (Å²) in [6.45, 7) is 0.715. The third-order valence-electron chi connectivity index (χ3n) is 20.2. The summed E-state index contributed by atoms with van der Waals surface area (Å²) in [5, 5.41) is 11.2. The van der Waals surface area contributed by atoms with E-state index in [2.05, 4.69) is 129 Å². The Kier molecular flexibility index (Phi) is 47.8. The number of unbranched alkanes of at least 4 members (excludes halogenated alkanes) is 6. The molecular weight excluding hydrogens is 1560 g/mol. The van der Waals surface area contributed by atoms with Gasteiger partial charge in [-0.15, -0.1) is 0 Å². The molecule has 1 aliphatic rings. The number of nitrogens with two attached hydrogens (primary N) is 7. The highest BCUT2D eigenvalue weighted by molar-refractivity contribution is 5.93. The van der Waals surface area contributed by atoms with Gasteiger partial charge in [-0.3, -0.25) is 29.0 Å². The molecule has 8 aromatic rings. The Hall–Kier alpha value is -12.0. The first kappa shape index (κ1) is 99.8. The molecule has 9 rings (SSSR count). The molecular formula is C96H127N13O14. The van der Waals surface area contributed by atoms with E-state index in [1.165, 1.54) is 44.5 Å². The van der Waals surface area contributed by atoms with Crippen LogP contribution < -0.4 is 67.4 Å². The number of hydrogen-bond acceptors (Lipinski definition) is 20. The summed E-state index contributed by atoms with van der Waals surface area (Å²) in [6, 6.07) is 71.2. The molecule has 0 bridgehead atoms. The molecule has 27 heteroatoms. The van der Waals surface area contributed by atoms with Crippen LogP contribution in [0.25, 0.3) is 0 Å². The van der Waals surface area contributed by atoms with E-state index in [0.29, 0.717) is 58.2 Å². The molecule has 3 atom stereocenters. The molecule has 1 aliphatic carbocycles. The maximum absolute atomic E-state index is 12.5. The minimum absolute atomic E-state index is 0.00972. The van der Waals surface area contributed by atoms with Gasteiger partial charge in [-0.25, -0.2) is 19.2 Å². The number of hydrogen-bond donors (Lipinski definition) is 13. The first-order valence-corrected chi connectivity index (χ1v) is 42.7. The summed E-state index contributed by atoms with van der Waals surface area (Å²) in [4.78, 5) is 130. The van der Waals surface area contributed by atoms with E-state index in [1.54, 1.807) is 0 Å². The van der Waals surface area contributed by atoms with Crippen LogP contribution in [0.3, 0.4) is 0 Å². The lowest BCUT2D eigenvalue weighted by atomic mass is 10.0. The Balaban J connectivity index is 0.000000256. The summed E-state index contributed by atoms with van der Waals surface area (Å²) in [5.41, 5.74) is 59.9. The number of aliphatic hydroxyl groups excluding tert-OH is 1. The molecule has 0 aromatic heterocycles. The molecule has 123 heavy (non-hydrogen) atoms. The molecule has 1 fully saturated rings. The molecule has 8 aromatic carbocycles. The number of rotatable bonds is 46. The number of aryl methyl sites for hydroxylation is 8. The fraction of sp³-hybridized carbons (Fsp3) is 0.396. The number of nitrogens with one attached hydrogen (secondary N) is 5. The normalized spacial score (nSPS) is 12.1.